The third-order valence-electron chi connectivity index (χ3n) is 6.40. The van der Waals surface area contributed by atoms with Gasteiger partial charge in [0.1, 0.15) is 0 Å². The van der Waals surface area contributed by atoms with Gasteiger partial charge in [-0.25, -0.2) is 0 Å². The highest BCUT2D eigenvalue weighted by Gasteiger charge is 2.39. The summed E-state index contributed by atoms with van der Waals surface area (Å²) in [6, 6.07) is 13.4. The molecule has 1 unspecified atom stereocenters. The van der Waals surface area contributed by atoms with E-state index in [4.69, 9.17) is 4.43 Å². The molecule has 0 spiro atoms. The Labute approximate surface area is 176 Å². The molecule has 1 aromatic rings. The highest BCUT2D eigenvalue weighted by atomic mass is 28.4. The van der Waals surface area contributed by atoms with Gasteiger partial charge in [0, 0.05) is 7.11 Å². The first-order valence-corrected chi connectivity index (χ1v) is 13.9. The number of aryl methyl sites for hydroxylation is 1. The van der Waals surface area contributed by atoms with Gasteiger partial charge in [-0.05, 0) is 103 Å². The van der Waals surface area contributed by atoms with Crippen LogP contribution in [0.4, 0.5) is 0 Å². The average molecular weight is 407 g/mol. The second-order valence-corrected chi connectivity index (χ2v) is 13.6. The van der Waals surface area contributed by atoms with Crippen molar-refractivity contribution in [3.8, 4) is 0 Å². The van der Waals surface area contributed by atoms with Gasteiger partial charge in [0.2, 0.25) is 0 Å². The Bertz CT molecular complexity index is 507. The predicted octanol–water partition coefficient (Wildman–Crippen LogP) is 5.53. The van der Waals surface area contributed by atoms with Gasteiger partial charge in [-0.3, -0.25) is 0 Å². The Morgan fingerprint density at radius 3 is 1.89 bits per heavy atom. The van der Waals surface area contributed by atoms with Crippen LogP contribution in [0.5, 0.6) is 0 Å². The van der Waals surface area contributed by atoms with Crippen molar-refractivity contribution < 1.29 is 4.43 Å². The zero-order valence-electron chi connectivity index (χ0n) is 19.8. The van der Waals surface area contributed by atoms with Crippen LogP contribution in [-0.2, 0) is 10.8 Å². The predicted molar refractivity (Wildman–Crippen MR) is 127 cm³/mol. The zero-order chi connectivity index (χ0) is 21.0. The Balaban J connectivity index is 2.84. The van der Waals surface area contributed by atoms with Crippen molar-refractivity contribution in [2.24, 2.45) is 5.41 Å². The summed E-state index contributed by atoms with van der Waals surface area (Å²) in [5.41, 5.74) is 1.88. The molecule has 3 nitrogen and oxygen atoms in total. The van der Waals surface area contributed by atoms with E-state index in [0.717, 1.165) is 6.42 Å². The topological polar surface area (TPSA) is 15.7 Å². The molecule has 1 rings (SSSR count). The summed E-state index contributed by atoms with van der Waals surface area (Å²) in [7, 11) is 8.98. The molecule has 1 atom stereocenters. The van der Waals surface area contributed by atoms with Gasteiger partial charge in [-0.15, -0.1) is 0 Å². The lowest BCUT2D eigenvalue weighted by atomic mass is 9.78. The largest absolute Gasteiger partial charge is 0.420 e. The summed E-state index contributed by atoms with van der Waals surface area (Å²) in [5, 5.41) is 0. The minimum absolute atomic E-state index is 0.430. The molecule has 0 aliphatic rings. The molecule has 28 heavy (non-hydrogen) atoms. The number of hydrogen-bond donors (Lipinski definition) is 0. The van der Waals surface area contributed by atoms with Crippen molar-refractivity contribution in [2.45, 2.75) is 64.1 Å². The van der Waals surface area contributed by atoms with Gasteiger partial charge in [0.15, 0.2) is 8.32 Å². The molecule has 162 valence electrons. The number of hydrogen-bond acceptors (Lipinski definition) is 3. The summed E-state index contributed by atoms with van der Waals surface area (Å²) in [6.07, 6.45) is 7.64. The highest BCUT2D eigenvalue weighted by molar-refractivity contribution is 6.72. The lowest BCUT2D eigenvalue weighted by Gasteiger charge is -2.40. The van der Waals surface area contributed by atoms with Gasteiger partial charge >= 0.3 is 0 Å². The normalized spacial score (nSPS) is 14.6. The summed E-state index contributed by atoms with van der Waals surface area (Å²) in [6.45, 7) is 7.25. The van der Waals surface area contributed by atoms with Crippen LogP contribution in [0.15, 0.2) is 30.3 Å². The van der Waals surface area contributed by atoms with Crippen LogP contribution in [0.2, 0.25) is 18.6 Å². The zero-order valence-corrected chi connectivity index (χ0v) is 20.8. The molecule has 4 heteroatoms. The third-order valence-corrected chi connectivity index (χ3v) is 10.2. The second-order valence-electron chi connectivity index (χ2n) is 9.48. The first-order chi connectivity index (χ1) is 13.2. The van der Waals surface area contributed by atoms with Crippen molar-refractivity contribution in [1.29, 1.82) is 0 Å². The van der Waals surface area contributed by atoms with Gasteiger partial charge < -0.3 is 14.2 Å². The van der Waals surface area contributed by atoms with E-state index in [1.54, 1.807) is 0 Å². The first kappa shape index (κ1) is 25.4. The summed E-state index contributed by atoms with van der Waals surface area (Å²) >= 11 is 0. The van der Waals surface area contributed by atoms with Crippen molar-refractivity contribution in [1.82, 2.24) is 9.80 Å². The second kappa shape index (κ2) is 12.8. The molecule has 0 amide bonds. The van der Waals surface area contributed by atoms with Crippen LogP contribution in [0.3, 0.4) is 0 Å². The van der Waals surface area contributed by atoms with Crippen molar-refractivity contribution >= 4 is 8.32 Å². The lowest BCUT2D eigenvalue weighted by molar-refractivity contribution is 0.210. The van der Waals surface area contributed by atoms with Gasteiger partial charge in [-0.1, -0.05) is 43.7 Å². The van der Waals surface area contributed by atoms with Gasteiger partial charge in [-0.2, -0.15) is 0 Å². The average Bonchev–Trinajstić information content (AvgIpc) is 2.66. The van der Waals surface area contributed by atoms with E-state index in [1.165, 1.54) is 62.8 Å². The summed E-state index contributed by atoms with van der Waals surface area (Å²) < 4.78 is 6.29. The summed E-state index contributed by atoms with van der Waals surface area (Å²) in [4.78, 5) is 4.64. The first-order valence-electron chi connectivity index (χ1n) is 11.1. The van der Waals surface area contributed by atoms with E-state index in [2.05, 4.69) is 81.8 Å². The van der Waals surface area contributed by atoms with Crippen LogP contribution < -0.4 is 0 Å². The molecule has 1 aromatic carbocycles. The molecule has 0 heterocycles. The smallest absolute Gasteiger partial charge is 0.190 e. The number of rotatable bonds is 15. The third kappa shape index (κ3) is 9.68. The van der Waals surface area contributed by atoms with Crippen molar-refractivity contribution in [3.63, 3.8) is 0 Å². The quantitative estimate of drug-likeness (QED) is 0.356. The molecule has 0 N–H and O–H groups in total. The maximum atomic E-state index is 6.29. The molecule has 0 aliphatic heterocycles. The van der Waals surface area contributed by atoms with Crippen LogP contribution in [0, 0.1) is 5.41 Å². The van der Waals surface area contributed by atoms with Gasteiger partial charge in [0.25, 0.3) is 0 Å². The molecule has 0 fully saturated rings. The minimum atomic E-state index is -1.74. The van der Waals surface area contributed by atoms with E-state index < -0.39 is 8.32 Å². The SMILES string of the molecule is CCC(CCCN(C)C)(CCCN(C)C)C[Si](C)(CCc1ccccc1)OC. The number of benzene rings is 1. The molecule has 0 aliphatic carbocycles. The monoisotopic (exact) mass is 406 g/mol. The maximum absolute atomic E-state index is 6.29. The molecular formula is C24H46N2OSi. The van der Waals surface area contributed by atoms with E-state index in [0.29, 0.717) is 5.41 Å². The molecule has 0 radical (unpaired) electrons. The van der Waals surface area contributed by atoms with Crippen LogP contribution >= 0.6 is 0 Å². The minimum Gasteiger partial charge on any atom is -0.420 e. The van der Waals surface area contributed by atoms with E-state index >= 15 is 0 Å². The Morgan fingerprint density at radius 1 is 0.929 bits per heavy atom. The maximum Gasteiger partial charge on any atom is 0.190 e. The molecular weight excluding hydrogens is 360 g/mol. The van der Waals surface area contributed by atoms with Crippen LogP contribution in [-0.4, -0.2) is 66.5 Å². The van der Waals surface area contributed by atoms with Crippen LogP contribution in [0.1, 0.15) is 44.6 Å². The van der Waals surface area contributed by atoms with Crippen molar-refractivity contribution in [2.75, 3.05) is 48.4 Å². The van der Waals surface area contributed by atoms with E-state index in [9.17, 15) is 0 Å². The molecule has 0 aromatic heterocycles. The standard InChI is InChI=1S/C24H46N2OSi/c1-8-24(17-12-19-25(2)3,18-13-20-26(4)5)22-28(7,27-6)21-16-23-14-10-9-11-15-23/h9-11,14-15H,8,12-13,16-22H2,1-7H3. The lowest BCUT2D eigenvalue weighted by Crippen LogP contribution is -2.41. The van der Waals surface area contributed by atoms with Crippen molar-refractivity contribution in [3.05, 3.63) is 35.9 Å². The fourth-order valence-electron chi connectivity index (χ4n) is 4.43. The Kier molecular flexibility index (Phi) is 11.6. The van der Waals surface area contributed by atoms with E-state index in [-0.39, 0.29) is 0 Å². The molecule has 0 saturated carbocycles. The molecule has 0 saturated heterocycles. The fraction of sp³-hybridized carbons (Fsp3) is 0.750. The van der Waals surface area contributed by atoms with Gasteiger partial charge in [0.05, 0.1) is 0 Å². The van der Waals surface area contributed by atoms with Crippen LogP contribution in [0.25, 0.3) is 0 Å². The number of nitrogens with zero attached hydrogens (tertiary/aromatic N) is 2. The Hall–Kier alpha value is -0.683. The highest BCUT2D eigenvalue weighted by Crippen LogP contribution is 2.43. The summed E-state index contributed by atoms with van der Waals surface area (Å²) in [5.74, 6) is 0. The van der Waals surface area contributed by atoms with E-state index in [1.807, 2.05) is 7.11 Å². The molecule has 0 bridgehead atoms. The Morgan fingerprint density at radius 2 is 1.46 bits per heavy atom. The fourth-order valence-corrected chi connectivity index (χ4v) is 7.96.